The van der Waals surface area contributed by atoms with Crippen molar-refractivity contribution in [1.82, 2.24) is 10.3 Å². The van der Waals surface area contributed by atoms with Crippen LogP contribution in [0.1, 0.15) is 16.8 Å². The molecule has 80 valence electrons. The first-order valence-corrected chi connectivity index (χ1v) is 4.79. The summed E-state index contributed by atoms with van der Waals surface area (Å²) in [6.07, 6.45) is 3.54. The molecule has 1 saturated heterocycles. The third kappa shape index (κ3) is 2.24. The highest BCUT2D eigenvalue weighted by Crippen LogP contribution is 2.14. The Hall–Kier alpha value is -1.62. The van der Waals surface area contributed by atoms with Crippen LogP contribution >= 0.6 is 0 Å². The van der Waals surface area contributed by atoms with Gasteiger partial charge in [-0.1, -0.05) is 0 Å². The minimum absolute atomic E-state index is 0.0464. The smallest absolute Gasteiger partial charge is 0.255 e. The monoisotopic (exact) mass is 208 g/mol. The lowest BCUT2D eigenvalue weighted by molar-refractivity contribution is 0.0927. The van der Waals surface area contributed by atoms with E-state index in [1.54, 1.807) is 0 Å². The van der Waals surface area contributed by atoms with Crippen molar-refractivity contribution in [3.8, 4) is 5.75 Å². The highest BCUT2D eigenvalue weighted by Gasteiger charge is 2.19. The van der Waals surface area contributed by atoms with Crippen LogP contribution in [0.15, 0.2) is 18.5 Å². The highest BCUT2D eigenvalue weighted by molar-refractivity contribution is 5.96. The summed E-state index contributed by atoms with van der Waals surface area (Å²) in [5.74, 6) is -0.390. The zero-order valence-electron chi connectivity index (χ0n) is 8.14. The Morgan fingerprint density at radius 2 is 2.53 bits per heavy atom. The number of carbonyl (C=O) groups excluding carboxylic acids is 1. The zero-order chi connectivity index (χ0) is 10.7. The standard InChI is InChI=1S/C10H12N2O3/c13-9-5-11-3-1-8(9)10(14)12-7-2-4-15-6-7/h1,3,5,7,13H,2,4,6H2,(H,12,14). The van der Waals surface area contributed by atoms with Gasteiger partial charge >= 0.3 is 0 Å². The lowest BCUT2D eigenvalue weighted by Crippen LogP contribution is -2.35. The Morgan fingerprint density at radius 3 is 3.20 bits per heavy atom. The van der Waals surface area contributed by atoms with Crippen molar-refractivity contribution in [2.75, 3.05) is 13.2 Å². The van der Waals surface area contributed by atoms with Crippen LogP contribution in [0.2, 0.25) is 0 Å². The lowest BCUT2D eigenvalue weighted by Gasteiger charge is -2.10. The van der Waals surface area contributed by atoms with E-state index in [-0.39, 0.29) is 23.3 Å². The fourth-order valence-electron chi connectivity index (χ4n) is 1.49. The Balaban J connectivity index is 2.04. The number of aromatic hydroxyl groups is 1. The number of carbonyl (C=O) groups is 1. The van der Waals surface area contributed by atoms with Gasteiger partial charge < -0.3 is 15.2 Å². The van der Waals surface area contributed by atoms with Crippen LogP contribution in [0.25, 0.3) is 0 Å². The summed E-state index contributed by atoms with van der Waals surface area (Å²) in [7, 11) is 0. The number of pyridine rings is 1. The maximum atomic E-state index is 11.7. The van der Waals surface area contributed by atoms with Gasteiger partial charge in [-0.2, -0.15) is 0 Å². The maximum absolute atomic E-state index is 11.7. The molecule has 5 heteroatoms. The minimum Gasteiger partial charge on any atom is -0.505 e. The number of rotatable bonds is 2. The van der Waals surface area contributed by atoms with Crippen molar-refractivity contribution in [3.63, 3.8) is 0 Å². The molecule has 1 aliphatic rings. The van der Waals surface area contributed by atoms with Crippen LogP contribution < -0.4 is 5.32 Å². The predicted molar refractivity (Wildman–Crippen MR) is 52.6 cm³/mol. The van der Waals surface area contributed by atoms with E-state index in [1.807, 2.05) is 0 Å². The number of ether oxygens (including phenoxy) is 1. The lowest BCUT2D eigenvalue weighted by atomic mass is 10.2. The average Bonchev–Trinajstić information content (AvgIpc) is 2.71. The largest absolute Gasteiger partial charge is 0.505 e. The Kier molecular flexibility index (Phi) is 2.82. The molecule has 15 heavy (non-hydrogen) atoms. The predicted octanol–water partition coefficient (Wildman–Crippen LogP) is 0.306. The van der Waals surface area contributed by atoms with Crippen molar-refractivity contribution < 1.29 is 14.6 Å². The molecule has 1 unspecified atom stereocenters. The molecule has 0 bridgehead atoms. The normalized spacial score (nSPS) is 20.1. The first-order valence-electron chi connectivity index (χ1n) is 4.79. The van der Waals surface area contributed by atoms with Crippen molar-refractivity contribution in [2.45, 2.75) is 12.5 Å². The van der Waals surface area contributed by atoms with Crippen molar-refractivity contribution in [3.05, 3.63) is 24.0 Å². The van der Waals surface area contributed by atoms with Gasteiger partial charge in [0.2, 0.25) is 0 Å². The highest BCUT2D eigenvalue weighted by atomic mass is 16.5. The molecule has 0 radical (unpaired) electrons. The number of aromatic nitrogens is 1. The Labute approximate surface area is 87.1 Å². The molecule has 1 fully saturated rings. The summed E-state index contributed by atoms with van der Waals surface area (Å²) in [5, 5.41) is 12.2. The molecule has 2 N–H and O–H groups in total. The molecule has 5 nitrogen and oxygen atoms in total. The summed E-state index contributed by atoms with van der Waals surface area (Å²) < 4.78 is 5.13. The second kappa shape index (κ2) is 4.27. The van der Waals surface area contributed by atoms with Crippen LogP contribution in [0.4, 0.5) is 0 Å². The van der Waals surface area contributed by atoms with E-state index in [0.717, 1.165) is 6.42 Å². The SMILES string of the molecule is O=C(NC1CCOC1)c1ccncc1O. The van der Waals surface area contributed by atoms with E-state index in [2.05, 4.69) is 10.3 Å². The van der Waals surface area contributed by atoms with Gasteiger partial charge in [0.15, 0.2) is 0 Å². The number of hydrogen-bond acceptors (Lipinski definition) is 4. The van der Waals surface area contributed by atoms with Crippen LogP contribution in [0.5, 0.6) is 5.75 Å². The van der Waals surface area contributed by atoms with Gasteiger partial charge in [-0.05, 0) is 12.5 Å². The van der Waals surface area contributed by atoms with Crippen LogP contribution in [-0.4, -0.2) is 35.3 Å². The van der Waals surface area contributed by atoms with E-state index >= 15 is 0 Å². The molecule has 1 atom stereocenters. The molecule has 0 aliphatic carbocycles. The van der Waals surface area contributed by atoms with E-state index in [4.69, 9.17) is 4.74 Å². The quantitative estimate of drug-likeness (QED) is 0.733. The Morgan fingerprint density at radius 1 is 1.67 bits per heavy atom. The fourth-order valence-corrected chi connectivity index (χ4v) is 1.49. The average molecular weight is 208 g/mol. The van der Waals surface area contributed by atoms with Gasteiger partial charge in [0.1, 0.15) is 5.75 Å². The summed E-state index contributed by atoms with van der Waals surface area (Å²) in [4.78, 5) is 15.4. The van der Waals surface area contributed by atoms with Gasteiger partial charge in [0.25, 0.3) is 5.91 Å². The second-order valence-electron chi connectivity index (χ2n) is 3.43. The summed E-state index contributed by atoms with van der Waals surface area (Å²) in [6.45, 7) is 1.21. The minimum atomic E-state index is -0.287. The van der Waals surface area contributed by atoms with E-state index in [0.29, 0.717) is 13.2 Å². The summed E-state index contributed by atoms with van der Waals surface area (Å²) in [6, 6.07) is 1.53. The molecule has 1 aromatic heterocycles. The van der Waals surface area contributed by atoms with Gasteiger partial charge in [0.05, 0.1) is 24.4 Å². The topological polar surface area (TPSA) is 71.5 Å². The van der Waals surface area contributed by atoms with Gasteiger partial charge in [-0.15, -0.1) is 0 Å². The van der Waals surface area contributed by atoms with Gasteiger partial charge in [-0.25, -0.2) is 0 Å². The molecular formula is C10H12N2O3. The summed E-state index contributed by atoms with van der Waals surface area (Å²) in [5.41, 5.74) is 0.247. The molecular weight excluding hydrogens is 196 g/mol. The molecule has 1 aromatic rings. The van der Waals surface area contributed by atoms with Crippen molar-refractivity contribution in [2.24, 2.45) is 0 Å². The fraction of sp³-hybridized carbons (Fsp3) is 0.400. The van der Waals surface area contributed by atoms with Gasteiger partial charge in [0, 0.05) is 12.8 Å². The molecule has 0 aromatic carbocycles. The molecule has 2 heterocycles. The van der Waals surface area contributed by atoms with Crippen molar-refractivity contribution >= 4 is 5.91 Å². The van der Waals surface area contributed by atoms with Crippen LogP contribution in [0, 0.1) is 0 Å². The van der Waals surface area contributed by atoms with Gasteiger partial charge in [-0.3, -0.25) is 9.78 Å². The third-order valence-electron chi connectivity index (χ3n) is 2.31. The van der Waals surface area contributed by atoms with Crippen LogP contribution in [0.3, 0.4) is 0 Å². The number of amides is 1. The number of nitrogens with one attached hydrogen (secondary N) is 1. The van der Waals surface area contributed by atoms with E-state index < -0.39 is 0 Å². The van der Waals surface area contributed by atoms with Crippen LogP contribution in [-0.2, 0) is 4.74 Å². The van der Waals surface area contributed by atoms with E-state index in [1.165, 1.54) is 18.5 Å². The number of nitrogens with zero attached hydrogens (tertiary/aromatic N) is 1. The third-order valence-corrected chi connectivity index (χ3v) is 2.31. The van der Waals surface area contributed by atoms with E-state index in [9.17, 15) is 9.90 Å². The molecule has 1 aliphatic heterocycles. The second-order valence-corrected chi connectivity index (χ2v) is 3.43. The zero-order valence-corrected chi connectivity index (χ0v) is 8.14. The van der Waals surface area contributed by atoms with Crippen molar-refractivity contribution in [1.29, 1.82) is 0 Å². The molecule has 0 saturated carbocycles. The molecule has 0 spiro atoms. The first kappa shape index (κ1) is 9.92. The Bertz CT molecular complexity index is 361. The molecule has 1 amide bonds. The molecule has 2 rings (SSSR count). The number of hydrogen-bond donors (Lipinski definition) is 2. The maximum Gasteiger partial charge on any atom is 0.255 e. The summed E-state index contributed by atoms with van der Waals surface area (Å²) >= 11 is 0. The first-order chi connectivity index (χ1) is 7.27.